The second-order valence-electron chi connectivity index (χ2n) is 5.04. The molecule has 88 valence electrons. The highest BCUT2D eigenvalue weighted by molar-refractivity contribution is 5.84. The van der Waals surface area contributed by atoms with Crippen molar-refractivity contribution in [1.82, 2.24) is 15.5 Å². The molecule has 0 bridgehead atoms. The van der Waals surface area contributed by atoms with E-state index in [0.29, 0.717) is 19.0 Å². The summed E-state index contributed by atoms with van der Waals surface area (Å²) in [6.07, 6.45) is 2.51. The van der Waals surface area contributed by atoms with E-state index < -0.39 is 0 Å². The van der Waals surface area contributed by atoms with Crippen molar-refractivity contribution in [2.24, 2.45) is 5.92 Å². The monoisotopic (exact) mass is 223 g/mol. The standard InChI is InChI=1S/C11H17N3O2/c15-10-3-8(13-11(16)7-1-2-7)6-14(10)9-4-12-5-9/h7-9,12H,1-6H2,(H,13,16). The molecule has 0 aromatic rings. The number of hydrogen-bond acceptors (Lipinski definition) is 3. The fraction of sp³-hybridized carbons (Fsp3) is 0.818. The fourth-order valence-electron chi connectivity index (χ4n) is 2.34. The Labute approximate surface area is 94.6 Å². The van der Waals surface area contributed by atoms with Gasteiger partial charge in [-0.2, -0.15) is 0 Å². The molecule has 3 fully saturated rings. The first kappa shape index (κ1) is 10.1. The molecule has 0 aromatic heterocycles. The van der Waals surface area contributed by atoms with E-state index in [2.05, 4.69) is 10.6 Å². The van der Waals surface area contributed by atoms with E-state index in [1.54, 1.807) is 0 Å². The Morgan fingerprint density at radius 3 is 2.69 bits per heavy atom. The lowest BCUT2D eigenvalue weighted by Crippen LogP contribution is -2.58. The molecule has 2 saturated heterocycles. The van der Waals surface area contributed by atoms with Gasteiger partial charge >= 0.3 is 0 Å². The highest BCUT2D eigenvalue weighted by atomic mass is 16.2. The molecule has 3 aliphatic rings. The second-order valence-corrected chi connectivity index (χ2v) is 5.04. The van der Waals surface area contributed by atoms with Crippen LogP contribution in [0.4, 0.5) is 0 Å². The van der Waals surface area contributed by atoms with Crippen LogP contribution in [0.1, 0.15) is 19.3 Å². The maximum absolute atomic E-state index is 11.7. The Balaban J connectivity index is 1.54. The molecule has 5 heteroatoms. The van der Waals surface area contributed by atoms with Crippen LogP contribution in [0.5, 0.6) is 0 Å². The predicted molar refractivity (Wildman–Crippen MR) is 57.6 cm³/mol. The van der Waals surface area contributed by atoms with Crippen LogP contribution in [0, 0.1) is 5.92 Å². The van der Waals surface area contributed by atoms with Gasteiger partial charge in [0.15, 0.2) is 0 Å². The zero-order valence-corrected chi connectivity index (χ0v) is 9.24. The van der Waals surface area contributed by atoms with Crippen molar-refractivity contribution in [2.45, 2.75) is 31.3 Å². The number of carbonyl (C=O) groups is 2. The summed E-state index contributed by atoms with van der Waals surface area (Å²) < 4.78 is 0. The normalized spacial score (nSPS) is 30.4. The Morgan fingerprint density at radius 2 is 2.12 bits per heavy atom. The quantitative estimate of drug-likeness (QED) is 0.651. The Kier molecular flexibility index (Phi) is 2.35. The van der Waals surface area contributed by atoms with Gasteiger partial charge in [0, 0.05) is 32.0 Å². The van der Waals surface area contributed by atoms with Crippen LogP contribution in [0.3, 0.4) is 0 Å². The van der Waals surface area contributed by atoms with Crippen molar-refractivity contribution >= 4 is 11.8 Å². The highest BCUT2D eigenvalue weighted by Crippen LogP contribution is 2.29. The third kappa shape index (κ3) is 1.80. The molecule has 1 saturated carbocycles. The van der Waals surface area contributed by atoms with E-state index in [4.69, 9.17) is 0 Å². The van der Waals surface area contributed by atoms with E-state index in [9.17, 15) is 9.59 Å². The first-order valence-corrected chi connectivity index (χ1v) is 6.04. The summed E-state index contributed by atoms with van der Waals surface area (Å²) in [5, 5.41) is 6.14. The van der Waals surface area contributed by atoms with Crippen LogP contribution in [0.25, 0.3) is 0 Å². The number of carbonyl (C=O) groups excluding carboxylic acids is 2. The maximum atomic E-state index is 11.7. The van der Waals surface area contributed by atoms with Gasteiger partial charge < -0.3 is 15.5 Å². The smallest absolute Gasteiger partial charge is 0.225 e. The van der Waals surface area contributed by atoms with Crippen LogP contribution in [-0.2, 0) is 9.59 Å². The van der Waals surface area contributed by atoms with Gasteiger partial charge in [0.05, 0.1) is 12.1 Å². The molecular weight excluding hydrogens is 206 g/mol. The lowest BCUT2D eigenvalue weighted by atomic mass is 10.1. The molecule has 0 spiro atoms. The summed E-state index contributed by atoms with van der Waals surface area (Å²) in [5.41, 5.74) is 0. The van der Waals surface area contributed by atoms with Gasteiger partial charge in [-0.1, -0.05) is 0 Å². The molecule has 1 aliphatic carbocycles. The molecule has 1 atom stereocenters. The third-order valence-electron chi connectivity index (χ3n) is 3.65. The molecular formula is C11H17N3O2. The van der Waals surface area contributed by atoms with Gasteiger partial charge in [-0.25, -0.2) is 0 Å². The zero-order chi connectivity index (χ0) is 11.1. The van der Waals surface area contributed by atoms with Gasteiger partial charge in [0.2, 0.25) is 11.8 Å². The minimum atomic E-state index is 0.0428. The first-order chi connectivity index (χ1) is 7.74. The van der Waals surface area contributed by atoms with Crippen LogP contribution in [0.2, 0.25) is 0 Å². The minimum Gasteiger partial charge on any atom is -0.351 e. The first-order valence-electron chi connectivity index (χ1n) is 6.04. The summed E-state index contributed by atoms with van der Waals surface area (Å²) in [7, 11) is 0. The van der Waals surface area contributed by atoms with E-state index in [1.165, 1.54) is 0 Å². The molecule has 1 unspecified atom stereocenters. The lowest BCUT2D eigenvalue weighted by molar-refractivity contribution is -0.130. The Morgan fingerprint density at radius 1 is 1.38 bits per heavy atom. The van der Waals surface area contributed by atoms with Gasteiger partial charge in [-0.05, 0) is 12.8 Å². The van der Waals surface area contributed by atoms with E-state index in [1.807, 2.05) is 4.90 Å². The van der Waals surface area contributed by atoms with Gasteiger partial charge in [0.1, 0.15) is 0 Å². The van der Waals surface area contributed by atoms with Crippen molar-refractivity contribution in [3.05, 3.63) is 0 Å². The third-order valence-corrected chi connectivity index (χ3v) is 3.65. The molecule has 5 nitrogen and oxygen atoms in total. The fourth-order valence-corrected chi connectivity index (χ4v) is 2.34. The molecule has 3 rings (SSSR count). The van der Waals surface area contributed by atoms with Crippen molar-refractivity contribution in [3.8, 4) is 0 Å². The van der Waals surface area contributed by atoms with Crippen molar-refractivity contribution in [2.75, 3.05) is 19.6 Å². The Bertz CT molecular complexity index is 323. The summed E-state index contributed by atoms with van der Waals surface area (Å²) in [6, 6.07) is 0.400. The topological polar surface area (TPSA) is 61.4 Å². The van der Waals surface area contributed by atoms with Crippen LogP contribution in [0.15, 0.2) is 0 Å². The summed E-state index contributed by atoms with van der Waals surface area (Å²) in [4.78, 5) is 25.2. The summed E-state index contributed by atoms with van der Waals surface area (Å²) in [5.74, 6) is 0.563. The SMILES string of the molecule is O=C(NC1CC(=O)N(C2CNC2)C1)C1CC1. The van der Waals surface area contributed by atoms with Crippen molar-refractivity contribution in [1.29, 1.82) is 0 Å². The molecule has 2 N–H and O–H groups in total. The van der Waals surface area contributed by atoms with Gasteiger partial charge in [0.25, 0.3) is 0 Å². The van der Waals surface area contributed by atoms with E-state index >= 15 is 0 Å². The average Bonchev–Trinajstić information content (AvgIpc) is 2.92. The number of hydrogen-bond donors (Lipinski definition) is 2. The lowest BCUT2D eigenvalue weighted by Gasteiger charge is -2.35. The molecule has 0 aromatic carbocycles. The predicted octanol–water partition coefficient (Wildman–Crippen LogP) is -0.915. The Hall–Kier alpha value is -1.10. The minimum absolute atomic E-state index is 0.0428. The zero-order valence-electron chi connectivity index (χ0n) is 9.24. The molecule has 0 radical (unpaired) electrons. The molecule has 2 heterocycles. The molecule has 16 heavy (non-hydrogen) atoms. The average molecular weight is 223 g/mol. The van der Waals surface area contributed by atoms with E-state index in [-0.39, 0.29) is 23.8 Å². The maximum Gasteiger partial charge on any atom is 0.225 e. The highest BCUT2D eigenvalue weighted by Gasteiger charge is 2.39. The van der Waals surface area contributed by atoms with Crippen LogP contribution < -0.4 is 10.6 Å². The molecule has 2 amide bonds. The number of nitrogens with one attached hydrogen (secondary N) is 2. The molecule has 2 aliphatic heterocycles. The van der Waals surface area contributed by atoms with Crippen molar-refractivity contribution < 1.29 is 9.59 Å². The number of likely N-dealkylation sites (tertiary alicyclic amines) is 1. The van der Waals surface area contributed by atoms with Crippen molar-refractivity contribution in [3.63, 3.8) is 0 Å². The van der Waals surface area contributed by atoms with Crippen LogP contribution >= 0.6 is 0 Å². The number of amides is 2. The summed E-state index contributed by atoms with van der Waals surface area (Å²) in [6.45, 7) is 2.49. The van der Waals surface area contributed by atoms with Gasteiger partial charge in [-0.15, -0.1) is 0 Å². The van der Waals surface area contributed by atoms with Gasteiger partial charge in [-0.3, -0.25) is 9.59 Å². The number of nitrogens with zero attached hydrogens (tertiary/aromatic N) is 1. The number of rotatable bonds is 3. The second kappa shape index (κ2) is 3.73. The summed E-state index contributed by atoms with van der Waals surface area (Å²) >= 11 is 0. The largest absolute Gasteiger partial charge is 0.351 e. The van der Waals surface area contributed by atoms with Crippen LogP contribution in [-0.4, -0.2) is 48.4 Å². The van der Waals surface area contributed by atoms with E-state index in [0.717, 1.165) is 25.9 Å².